The van der Waals surface area contributed by atoms with Crippen LogP contribution in [-0.2, 0) is 19.5 Å². The van der Waals surface area contributed by atoms with Crippen molar-refractivity contribution in [3.63, 3.8) is 0 Å². The fourth-order valence-corrected chi connectivity index (χ4v) is 3.23. The van der Waals surface area contributed by atoms with Crippen molar-refractivity contribution in [1.82, 2.24) is 20.1 Å². The summed E-state index contributed by atoms with van der Waals surface area (Å²) in [5.74, 6) is 0.845. The van der Waals surface area contributed by atoms with E-state index in [4.69, 9.17) is 4.74 Å². The van der Waals surface area contributed by atoms with Crippen molar-refractivity contribution in [2.45, 2.75) is 40.3 Å². The van der Waals surface area contributed by atoms with Gasteiger partial charge in [-0.2, -0.15) is 5.10 Å². The Morgan fingerprint density at radius 1 is 1.32 bits per heavy atom. The third kappa shape index (κ3) is 3.47. The van der Waals surface area contributed by atoms with Gasteiger partial charge in [-0.1, -0.05) is 13.8 Å². The van der Waals surface area contributed by atoms with Crippen molar-refractivity contribution < 1.29 is 4.74 Å². The summed E-state index contributed by atoms with van der Waals surface area (Å²) in [6.07, 6.45) is 6.69. The molecule has 0 saturated carbocycles. The third-order valence-electron chi connectivity index (χ3n) is 4.00. The fraction of sp³-hybridized carbons (Fsp3) is 0.529. The smallest absolute Gasteiger partial charge is 0.137 e. The minimum Gasteiger partial charge on any atom is -0.492 e. The molecule has 1 aliphatic heterocycles. The number of hydrogen-bond donors (Lipinski definition) is 1. The molecular weight excluding hydrogens is 276 g/mol. The van der Waals surface area contributed by atoms with Crippen LogP contribution < -0.4 is 4.74 Å². The van der Waals surface area contributed by atoms with Crippen molar-refractivity contribution in [3.8, 4) is 5.75 Å². The zero-order valence-electron chi connectivity index (χ0n) is 13.6. The summed E-state index contributed by atoms with van der Waals surface area (Å²) in [5, 5.41) is 7.36. The molecule has 5 heteroatoms. The lowest BCUT2D eigenvalue weighted by atomic mass is 9.88. The predicted octanol–water partition coefficient (Wildman–Crippen LogP) is 2.79. The van der Waals surface area contributed by atoms with Gasteiger partial charge in [0.2, 0.25) is 0 Å². The lowest BCUT2D eigenvalue weighted by Crippen LogP contribution is -2.32. The van der Waals surface area contributed by atoms with Gasteiger partial charge in [-0.3, -0.25) is 15.0 Å². The van der Waals surface area contributed by atoms with Gasteiger partial charge < -0.3 is 4.74 Å². The van der Waals surface area contributed by atoms with Gasteiger partial charge in [0, 0.05) is 37.1 Å². The van der Waals surface area contributed by atoms with E-state index >= 15 is 0 Å². The summed E-state index contributed by atoms with van der Waals surface area (Å²) in [4.78, 5) is 6.76. The first kappa shape index (κ1) is 15.0. The first-order valence-electron chi connectivity index (χ1n) is 7.86. The van der Waals surface area contributed by atoms with Crippen LogP contribution in [0.3, 0.4) is 0 Å². The molecular formula is C17H24N4O. The lowest BCUT2D eigenvalue weighted by Gasteiger charge is -2.29. The molecule has 5 nitrogen and oxygen atoms in total. The molecule has 0 aromatic carbocycles. The molecule has 1 N–H and O–H groups in total. The molecule has 0 radical (unpaired) electrons. The average molecular weight is 300 g/mol. The predicted molar refractivity (Wildman–Crippen MR) is 85.6 cm³/mol. The molecule has 3 heterocycles. The minimum absolute atomic E-state index is 0.225. The van der Waals surface area contributed by atoms with Crippen molar-refractivity contribution in [2.24, 2.45) is 5.41 Å². The van der Waals surface area contributed by atoms with Crippen molar-refractivity contribution in [2.75, 3.05) is 13.2 Å². The Balaban J connectivity index is 1.78. The summed E-state index contributed by atoms with van der Waals surface area (Å²) >= 11 is 0. The van der Waals surface area contributed by atoms with Crippen LogP contribution in [0.1, 0.15) is 37.6 Å². The van der Waals surface area contributed by atoms with Crippen molar-refractivity contribution in [1.29, 1.82) is 0 Å². The summed E-state index contributed by atoms with van der Waals surface area (Å²) in [6.45, 7) is 10.1. The zero-order valence-corrected chi connectivity index (χ0v) is 13.6. The number of ether oxygens (including phenoxy) is 1. The highest BCUT2D eigenvalue weighted by atomic mass is 16.5. The first-order valence-corrected chi connectivity index (χ1v) is 7.86. The van der Waals surface area contributed by atoms with Crippen LogP contribution in [-0.4, -0.2) is 33.2 Å². The molecule has 2 aromatic heterocycles. The van der Waals surface area contributed by atoms with Gasteiger partial charge >= 0.3 is 0 Å². The van der Waals surface area contributed by atoms with E-state index in [0.717, 1.165) is 31.8 Å². The topological polar surface area (TPSA) is 54.0 Å². The summed E-state index contributed by atoms with van der Waals surface area (Å²) in [7, 11) is 0. The number of fused-ring (bicyclic) bond motifs is 1. The highest BCUT2D eigenvalue weighted by Gasteiger charge is 2.28. The van der Waals surface area contributed by atoms with E-state index in [2.05, 4.69) is 40.0 Å². The first-order chi connectivity index (χ1) is 10.6. The normalized spacial score (nSPS) is 17.8. The summed E-state index contributed by atoms with van der Waals surface area (Å²) in [6, 6.07) is 2.09. The van der Waals surface area contributed by atoms with Crippen LogP contribution >= 0.6 is 0 Å². The molecule has 0 unspecified atom stereocenters. The molecule has 0 amide bonds. The molecule has 0 fully saturated rings. The highest BCUT2D eigenvalue weighted by Crippen LogP contribution is 2.29. The van der Waals surface area contributed by atoms with Crippen molar-refractivity contribution in [3.05, 3.63) is 41.5 Å². The van der Waals surface area contributed by atoms with E-state index in [1.54, 1.807) is 6.20 Å². The van der Waals surface area contributed by atoms with E-state index in [9.17, 15) is 0 Å². The van der Waals surface area contributed by atoms with Gasteiger partial charge in [-0.15, -0.1) is 0 Å². The number of nitrogens with zero attached hydrogens (tertiary/aromatic N) is 3. The van der Waals surface area contributed by atoms with Crippen LogP contribution in [0.4, 0.5) is 0 Å². The summed E-state index contributed by atoms with van der Waals surface area (Å²) in [5.41, 5.74) is 3.99. The van der Waals surface area contributed by atoms with Gasteiger partial charge in [-0.05, 0) is 30.4 Å². The van der Waals surface area contributed by atoms with Crippen molar-refractivity contribution >= 4 is 0 Å². The molecule has 0 saturated heterocycles. The number of aromatic amines is 1. The Hall–Kier alpha value is -1.88. The fourth-order valence-electron chi connectivity index (χ4n) is 3.23. The maximum Gasteiger partial charge on any atom is 0.137 e. The van der Waals surface area contributed by atoms with Gasteiger partial charge in [0.05, 0.1) is 19.0 Å². The molecule has 2 aromatic rings. The third-order valence-corrected chi connectivity index (χ3v) is 4.00. The van der Waals surface area contributed by atoms with Gasteiger partial charge in [0.15, 0.2) is 0 Å². The minimum atomic E-state index is 0.225. The number of H-pyrrole nitrogens is 1. The molecule has 1 aliphatic rings. The standard InChI is InChI=1S/C17H24N4O/c1-4-22-15-5-13(7-18-9-15)10-21-11-14-8-19-20-16(14)6-17(2,3)12-21/h5,7-9H,4,6,10-12H2,1-3H3,(H,19,20). The van der Waals surface area contributed by atoms with E-state index < -0.39 is 0 Å². The van der Waals surface area contributed by atoms with Gasteiger partial charge in [0.25, 0.3) is 0 Å². The maximum atomic E-state index is 5.55. The Labute approximate surface area is 131 Å². The largest absolute Gasteiger partial charge is 0.492 e. The Kier molecular flexibility index (Phi) is 4.16. The molecule has 118 valence electrons. The van der Waals surface area contributed by atoms with Gasteiger partial charge in [-0.25, -0.2) is 0 Å². The molecule has 3 rings (SSSR count). The number of nitrogens with one attached hydrogen (secondary N) is 1. The Morgan fingerprint density at radius 2 is 2.18 bits per heavy atom. The van der Waals surface area contributed by atoms with Crippen LogP contribution in [0.5, 0.6) is 5.75 Å². The Bertz CT molecular complexity index is 635. The quantitative estimate of drug-likeness (QED) is 0.943. The monoisotopic (exact) mass is 300 g/mol. The second-order valence-corrected chi connectivity index (χ2v) is 6.82. The Morgan fingerprint density at radius 3 is 3.00 bits per heavy atom. The van der Waals surface area contributed by atoms with E-state index in [0.29, 0.717) is 6.61 Å². The number of rotatable bonds is 4. The van der Waals surface area contributed by atoms with E-state index in [-0.39, 0.29) is 5.41 Å². The maximum absolute atomic E-state index is 5.55. The molecule has 0 spiro atoms. The van der Waals surface area contributed by atoms with Crippen LogP contribution in [0, 0.1) is 5.41 Å². The summed E-state index contributed by atoms with van der Waals surface area (Å²) < 4.78 is 5.55. The molecule has 0 aliphatic carbocycles. The van der Waals surface area contributed by atoms with Crippen LogP contribution in [0.25, 0.3) is 0 Å². The number of aromatic nitrogens is 3. The lowest BCUT2D eigenvalue weighted by molar-refractivity contribution is 0.173. The average Bonchev–Trinajstić information content (AvgIpc) is 2.80. The number of hydrogen-bond acceptors (Lipinski definition) is 4. The zero-order chi connectivity index (χ0) is 15.6. The van der Waals surface area contributed by atoms with Gasteiger partial charge in [0.1, 0.15) is 5.75 Å². The highest BCUT2D eigenvalue weighted by molar-refractivity contribution is 5.24. The second kappa shape index (κ2) is 6.08. The van der Waals surface area contributed by atoms with E-state index in [1.807, 2.05) is 19.3 Å². The molecule has 22 heavy (non-hydrogen) atoms. The van der Waals surface area contributed by atoms with E-state index in [1.165, 1.54) is 16.8 Å². The number of pyridine rings is 1. The SMILES string of the molecule is CCOc1cncc(CN2Cc3cn[nH]c3CC(C)(C)C2)c1. The van der Waals surface area contributed by atoms with Crippen LogP contribution in [0.2, 0.25) is 0 Å². The van der Waals surface area contributed by atoms with Crippen LogP contribution in [0.15, 0.2) is 24.7 Å². The second-order valence-electron chi connectivity index (χ2n) is 6.82. The molecule has 0 atom stereocenters. The molecule has 0 bridgehead atoms.